The van der Waals surface area contributed by atoms with Gasteiger partial charge in [0.1, 0.15) is 0 Å². The van der Waals surface area contributed by atoms with Crippen LogP contribution in [0.4, 0.5) is 4.39 Å². The fourth-order valence-corrected chi connectivity index (χ4v) is 2.72. The number of ether oxygens (including phenoxy) is 1. The van der Waals surface area contributed by atoms with Gasteiger partial charge in [-0.15, -0.1) is 0 Å². The van der Waals surface area contributed by atoms with Gasteiger partial charge in [-0.25, -0.2) is 4.39 Å². The van der Waals surface area contributed by atoms with Crippen molar-refractivity contribution in [2.75, 3.05) is 26.8 Å². The Labute approximate surface area is 78.4 Å². The molecule has 0 bridgehead atoms. The first-order chi connectivity index (χ1) is 6.30. The van der Waals surface area contributed by atoms with E-state index in [4.69, 9.17) is 4.74 Å². The molecule has 1 atom stereocenters. The molecule has 2 saturated heterocycles. The lowest BCUT2D eigenvalue weighted by Gasteiger charge is -2.30. The standard InChI is InChI=1S/C10H16FNO/c1-13-8-10-3-2-4-12(10)7-9(5-10)6-11/h6H,2-5,7-8H2,1H3/b9-6+. The Kier molecular flexibility index (Phi) is 2.39. The number of hydrogen-bond donors (Lipinski definition) is 0. The number of rotatable bonds is 2. The molecule has 74 valence electrons. The highest BCUT2D eigenvalue weighted by Gasteiger charge is 2.46. The molecular formula is C10H16FNO. The lowest BCUT2D eigenvalue weighted by molar-refractivity contribution is 0.0656. The van der Waals surface area contributed by atoms with Gasteiger partial charge in [0, 0.05) is 19.2 Å². The summed E-state index contributed by atoms with van der Waals surface area (Å²) in [6.45, 7) is 2.64. The van der Waals surface area contributed by atoms with Gasteiger partial charge in [0.25, 0.3) is 0 Å². The predicted molar refractivity (Wildman–Crippen MR) is 49.2 cm³/mol. The van der Waals surface area contributed by atoms with Crippen molar-refractivity contribution < 1.29 is 9.13 Å². The predicted octanol–water partition coefficient (Wildman–Crippen LogP) is 1.72. The maximum absolute atomic E-state index is 12.4. The Hall–Kier alpha value is -0.410. The zero-order valence-corrected chi connectivity index (χ0v) is 8.05. The van der Waals surface area contributed by atoms with Gasteiger partial charge in [0.2, 0.25) is 0 Å². The first-order valence-electron chi connectivity index (χ1n) is 4.83. The molecule has 0 aromatic rings. The summed E-state index contributed by atoms with van der Waals surface area (Å²) in [4.78, 5) is 2.36. The number of nitrogens with zero attached hydrogens (tertiary/aromatic N) is 1. The van der Waals surface area contributed by atoms with E-state index in [1.165, 1.54) is 6.42 Å². The van der Waals surface area contributed by atoms with Crippen molar-refractivity contribution in [1.82, 2.24) is 4.90 Å². The summed E-state index contributed by atoms with van der Waals surface area (Å²) in [5.41, 5.74) is 1.06. The second-order valence-electron chi connectivity index (χ2n) is 4.13. The summed E-state index contributed by atoms with van der Waals surface area (Å²) >= 11 is 0. The van der Waals surface area contributed by atoms with Crippen molar-refractivity contribution in [3.63, 3.8) is 0 Å². The zero-order valence-electron chi connectivity index (χ0n) is 8.05. The van der Waals surface area contributed by atoms with Crippen molar-refractivity contribution in [2.45, 2.75) is 24.8 Å². The van der Waals surface area contributed by atoms with Crippen molar-refractivity contribution in [2.24, 2.45) is 0 Å². The lowest BCUT2D eigenvalue weighted by atomic mass is 9.94. The van der Waals surface area contributed by atoms with E-state index in [-0.39, 0.29) is 5.54 Å². The van der Waals surface area contributed by atoms with E-state index in [1.54, 1.807) is 7.11 Å². The van der Waals surface area contributed by atoms with Crippen LogP contribution < -0.4 is 0 Å². The maximum atomic E-state index is 12.4. The molecule has 0 amide bonds. The van der Waals surface area contributed by atoms with Crippen molar-refractivity contribution in [3.05, 3.63) is 11.9 Å². The van der Waals surface area contributed by atoms with E-state index in [0.717, 1.165) is 44.4 Å². The molecule has 2 rings (SSSR count). The highest BCUT2D eigenvalue weighted by Crippen LogP contribution is 2.41. The minimum Gasteiger partial charge on any atom is -0.383 e. The molecule has 0 saturated carbocycles. The molecule has 2 fully saturated rings. The largest absolute Gasteiger partial charge is 0.383 e. The Morgan fingerprint density at radius 1 is 1.69 bits per heavy atom. The molecule has 0 aliphatic carbocycles. The Morgan fingerprint density at radius 3 is 3.23 bits per heavy atom. The number of hydrogen-bond acceptors (Lipinski definition) is 2. The molecule has 13 heavy (non-hydrogen) atoms. The van der Waals surface area contributed by atoms with Crippen molar-refractivity contribution in [3.8, 4) is 0 Å². The van der Waals surface area contributed by atoms with Crippen LogP contribution >= 0.6 is 0 Å². The van der Waals surface area contributed by atoms with E-state index in [2.05, 4.69) is 4.90 Å². The van der Waals surface area contributed by atoms with Crippen molar-refractivity contribution in [1.29, 1.82) is 0 Å². The summed E-state index contributed by atoms with van der Waals surface area (Å²) in [7, 11) is 1.72. The van der Waals surface area contributed by atoms with Crippen LogP contribution in [0.15, 0.2) is 11.9 Å². The van der Waals surface area contributed by atoms with Crippen LogP contribution in [0.25, 0.3) is 0 Å². The van der Waals surface area contributed by atoms with Gasteiger partial charge in [0.15, 0.2) is 0 Å². The minimum atomic E-state index is 0.132. The summed E-state index contributed by atoms with van der Waals surface area (Å²) in [6.07, 6.45) is 4.01. The van der Waals surface area contributed by atoms with Crippen LogP contribution in [-0.4, -0.2) is 37.2 Å². The number of halogens is 1. The van der Waals surface area contributed by atoms with Gasteiger partial charge in [-0.05, 0) is 31.4 Å². The molecule has 2 aliphatic rings. The highest BCUT2D eigenvalue weighted by molar-refractivity contribution is 5.18. The molecule has 0 spiro atoms. The molecule has 2 nitrogen and oxygen atoms in total. The normalized spacial score (nSPS) is 37.2. The third-order valence-corrected chi connectivity index (χ3v) is 3.26. The van der Waals surface area contributed by atoms with E-state index >= 15 is 0 Å². The summed E-state index contributed by atoms with van der Waals surface area (Å²) in [5.74, 6) is 0. The molecule has 2 aliphatic heterocycles. The van der Waals surface area contributed by atoms with Gasteiger partial charge in [-0.2, -0.15) is 0 Å². The average molecular weight is 185 g/mol. The first-order valence-corrected chi connectivity index (χ1v) is 4.83. The fourth-order valence-electron chi connectivity index (χ4n) is 2.72. The summed E-state index contributed by atoms with van der Waals surface area (Å²) in [5, 5.41) is 0. The highest BCUT2D eigenvalue weighted by atomic mass is 19.1. The fraction of sp³-hybridized carbons (Fsp3) is 0.800. The van der Waals surface area contributed by atoms with E-state index < -0.39 is 0 Å². The Balaban J connectivity index is 2.14. The first kappa shape index (κ1) is 9.16. The third-order valence-electron chi connectivity index (χ3n) is 3.26. The van der Waals surface area contributed by atoms with Crippen LogP contribution in [0.3, 0.4) is 0 Å². The lowest BCUT2D eigenvalue weighted by Crippen LogP contribution is -2.42. The number of methoxy groups -OCH3 is 1. The zero-order chi connectivity index (χ0) is 9.31. The number of fused-ring (bicyclic) bond motifs is 1. The molecule has 0 aromatic carbocycles. The molecule has 0 aromatic heterocycles. The Bertz CT molecular complexity index is 229. The van der Waals surface area contributed by atoms with E-state index in [9.17, 15) is 4.39 Å². The molecule has 3 heteroatoms. The second kappa shape index (κ2) is 3.39. The van der Waals surface area contributed by atoms with Crippen molar-refractivity contribution >= 4 is 0 Å². The van der Waals surface area contributed by atoms with Gasteiger partial charge in [-0.3, -0.25) is 4.90 Å². The average Bonchev–Trinajstić information content (AvgIpc) is 2.60. The van der Waals surface area contributed by atoms with Gasteiger partial charge < -0.3 is 4.74 Å². The smallest absolute Gasteiger partial charge is 0.0872 e. The summed E-state index contributed by atoms with van der Waals surface area (Å²) < 4.78 is 17.6. The molecule has 0 radical (unpaired) electrons. The van der Waals surface area contributed by atoms with Crippen LogP contribution in [0.5, 0.6) is 0 Å². The molecule has 1 unspecified atom stereocenters. The third kappa shape index (κ3) is 1.40. The van der Waals surface area contributed by atoms with E-state index in [1.807, 2.05) is 0 Å². The maximum Gasteiger partial charge on any atom is 0.0872 e. The molecular weight excluding hydrogens is 169 g/mol. The SMILES string of the molecule is COCC12CCCN1C/C(=C/F)C2. The monoisotopic (exact) mass is 185 g/mol. The topological polar surface area (TPSA) is 12.5 Å². The quantitative estimate of drug-likeness (QED) is 0.649. The summed E-state index contributed by atoms with van der Waals surface area (Å²) in [6, 6.07) is 0. The van der Waals surface area contributed by atoms with Gasteiger partial charge in [0.05, 0.1) is 12.9 Å². The van der Waals surface area contributed by atoms with Gasteiger partial charge in [-0.1, -0.05) is 0 Å². The van der Waals surface area contributed by atoms with Crippen LogP contribution in [0, 0.1) is 0 Å². The van der Waals surface area contributed by atoms with Crippen LogP contribution in [-0.2, 0) is 4.74 Å². The molecule has 2 heterocycles. The van der Waals surface area contributed by atoms with Gasteiger partial charge >= 0.3 is 0 Å². The van der Waals surface area contributed by atoms with Crippen LogP contribution in [0.2, 0.25) is 0 Å². The second-order valence-corrected chi connectivity index (χ2v) is 4.13. The molecule has 0 N–H and O–H groups in total. The van der Waals surface area contributed by atoms with Crippen LogP contribution in [0.1, 0.15) is 19.3 Å². The minimum absolute atomic E-state index is 0.132. The Morgan fingerprint density at radius 2 is 2.54 bits per heavy atom. The van der Waals surface area contributed by atoms with E-state index in [0.29, 0.717) is 0 Å².